The van der Waals surface area contributed by atoms with Gasteiger partial charge in [-0.3, -0.25) is 0 Å². The summed E-state index contributed by atoms with van der Waals surface area (Å²) in [5, 5.41) is 4.75. The van der Waals surface area contributed by atoms with Gasteiger partial charge in [0.2, 0.25) is 0 Å². The molecule has 0 saturated carbocycles. The Morgan fingerprint density at radius 2 is 1.61 bits per heavy atom. The molecule has 2 aromatic carbocycles. The monoisotopic (exact) mass is 343 g/mol. The lowest BCUT2D eigenvalue weighted by Gasteiger charge is -2.18. The molecule has 0 radical (unpaired) electrons. The smallest absolute Gasteiger partial charge is 0.0574 e. The maximum atomic E-state index is 6.01. The third kappa shape index (κ3) is 3.07. The summed E-state index contributed by atoms with van der Waals surface area (Å²) in [7, 11) is 1.93. The van der Waals surface area contributed by atoms with E-state index in [1.165, 1.54) is 0 Å². The molecule has 1 nitrogen and oxygen atoms in total. The van der Waals surface area contributed by atoms with Gasteiger partial charge in [0.15, 0.2) is 0 Å². The topological polar surface area (TPSA) is 12.0 Å². The molecule has 18 heavy (non-hydrogen) atoms. The molecule has 2 aromatic rings. The molecule has 1 unspecified atom stereocenters. The quantitative estimate of drug-likeness (QED) is 0.820. The minimum Gasteiger partial charge on any atom is -0.309 e. The van der Waals surface area contributed by atoms with E-state index in [0.717, 1.165) is 20.6 Å². The number of halogens is 3. The maximum Gasteiger partial charge on any atom is 0.0574 e. The Bertz CT molecular complexity index is 540. The van der Waals surface area contributed by atoms with Gasteiger partial charge in [0, 0.05) is 9.50 Å². The van der Waals surface area contributed by atoms with Crippen LogP contribution in [-0.4, -0.2) is 7.05 Å². The van der Waals surface area contributed by atoms with Gasteiger partial charge in [-0.05, 0) is 58.4 Å². The molecule has 0 fully saturated rings. The zero-order valence-corrected chi connectivity index (χ0v) is 12.9. The average Bonchev–Trinajstić information content (AvgIpc) is 2.37. The largest absolute Gasteiger partial charge is 0.309 e. The van der Waals surface area contributed by atoms with Crippen molar-refractivity contribution >= 4 is 39.1 Å². The first-order chi connectivity index (χ1) is 8.61. The Hall–Kier alpha value is -0.540. The van der Waals surface area contributed by atoms with Gasteiger partial charge in [-0.1, -0.05) is 41.4 Å². The van der Waals surface area contributed by atoms with Crippen molar-refractivity contribution in [3.05, 3.63) is 68.1 Å². The normalized spacial score (nSPS) is 12.4. The molecule has 0 spiro atoms. The highest BCUT2D eigenvalue weighted by atomic mass is 79.9. The molecule has 0 aromatic heterocycles. The Labute approximate surface area is 125 Å². The van der Waals surface area contributed by atoms with Crippen LogP contribution in [-0.2, 0) is 0 Å². The van der Waals surface area contributed by atoms with Crippen LogP contribution in [0.25, 0.3) is 0 Å². The van der Waals surface area contributed by atoms with Crippen LogP contribution in [0.3, 0.4) is 0 Å². The summed E-state index contributed by atoms with van der Waals surface area (Å²) >= 11 is 15.4. The highest BCUT2D eigenvalue weighted by Gasteiger charge is 2.12. The minimum absolute atomic E-state index is 0.121. The van der Waals surface area contributed by atoms with E-state index in [2.05, 4.69) is 21.2 Å². The summed E-state index contributed by atoms with van der Waals surface area (Å²) in [6, 6.07) is 13.9. The third-order valence-electron chi connectivity index (χ3n) is 2.77. The second kappa shape index (κ2) is 6.07. The summed E-state index contributed by atoms with van der Waals surface area (Å²) in [6.45, 7) is 0. The van der Waals surface area contributed by atoms with Crippen molar-refractivity contribution in [2.75, 3.05) is 7.05 Å². The van der Waals surface area contributed by atoms with E-state index in [4.69, 9.17) is 23.2 Å². The van der Waals surface area contributed by atoms with Gasteiger partial charge in [-0.25, -0.2) is 0 Å². The Morgan fingerprint density at radius 1 is 1.00 bits per heavy atom. The van der Waals surface area contributed by atoms with E-state index >= 15 is 0 Å². The van der Waals surface area contributed by atoms with Gasteiger partial charge in [0.1, 0.15) is 0 Å². The number of rotatable bonds is 3. The predicted octanol–water partition coefficient (Wildman–Crippen LogP) is 5.06. The van der Waals surface area contributed by atoms with Crippen LogP contribution in [0.2, 0.25) is 10.0 Å². The summed E-state index contributed by atoms with van der Waals surface area (Å²) in [5.41, 5.74) is 2.31. The third-order valence-corrected chi connectivity index (χ3v) is 4.23. The average molecular weight is 345 g/mol. The van der Waals surface area contributed by atoms with E-state index < -0.39 is 0 Å². The van der Waals surface area contributed by atoms with Gasteiger partial charge >= 0.3 is 0 Å². The molecule has 0 aliphatic heterocycles. The van der Waals surface area contributed by atoms with Gasteiger partial charge in [-0.2, -0.15) is 0 Å². The Morgan fingerprint density at radius 3 is 2.17 bits per heavy atom. The summed E-state index contributed by atoms with van der Waals surface area (Å²) in [6.07, 6.45) is 0. The van der Waals surface area contributed by atoms with E-state index in [-0.39, 0.29) is 6.04 Å². The van der Waals surface area contributed by atoms with E-state index in [1.54, 1.807) is 0 Å². The summed E-state index contributed by atoms with van der Waals surface area (Å²) in [5.74, 6) is 0. The molecule has 0 saturated heterocycles. The first-order valence-electron chi connectivity index (χ1n) is 5.49. The fourth-order valence-corrected chi connectivity index (χ4v) is 2.51. The molecular formula is C14H12BrCl2N. The van der Waals surface area contributed by atoms with Crippen LogP contribution < -0.4 is 5.32 Å². The SMILES string of the molecule is CNC(c1ccc(Cl)cc1)c1ccc(Cl)c(Br)c1. The lowest BCUT2D eigenvalue weighted by Crippen LogP contribution is -2.17. The van der Waals surface area contributed by atoms with Gasteiger partial charge in [0.25, 0.3) is 0 Å². The van der Waals surface area contributed by atoms with Crippen molar-refractivity contribution in [3.8, 4) is 0 Å². The van der Waals surface area contributed by atoms with Crippen LogP contribution in [0, 0.1) is 0 Å². The van der Waals surface area contributed by atoms with Crippen LogP contribution in [0.1, 0.15) is 17.2 Å². The van der Waals surface area contributed by atoms with E-state index in [1.807, 2.05) is 49.5 Å². The molecule has 1 atom stereocenters. The van der Waals surface area contributed by atoms with Crippen molar-refractivity contribution < 1.29 is 0 Å². The fraction of sp³-hybridized carbons (Fsp3) is 0.143. The number of hydrogen-bond acceptors (Lipinski definition) is 1. The van der Waals surface area contributed by atoms with Crippen LogP contribution in [0.15, 0.2) is 46.9 Å². The van der Waals surface area contributed by atoms with Gasteiger partial charge in [0.05, 0.1) is 11.1 Å². The van der Waals surface area contributed by atoms with Crippen molar-refractivity contribution in [1.82, 2.24) is 5.32 Å². The first kappa shape index (κ1) is 13.9. The lowest BCUT2D eigenvalue weighted by molar-refractivity contribution is 0.691. The number of hydrogen-bond donors (Lipinski definition) is 1. The molecule has 94 valence electrons. The van der Waals surface area contributed by atoms with Crippen molar-refractivity contribution in [1.29, 1.82) is 0 Å². The maximum absolute atomic E-state index is 6.01. The van der Waals surface area contributed by atoms with E-state index in [0.29, 0.717) is 5.02 Å². The van der Waals surface area contributed by atoms with Gasteiger partial charge < -0.3 is 5.32 Å². The van der Waals surface area contributed by atoms with E-state index in [9.17, 15) is 0 Å². The molecule has 0 aliphatic rings. The second-order valence-corrected chi connectivity index (χ2v) is 5.64. The molecule has 2 rings (SSSR count). The second-order valence-electron chi connectivity index (χ2n) is 3.95. The highest BCUT2D eigenvalue weighted by Crippen LogP contribution is 2.29. The molecule has 0 amide bonds. The lowest BCUT2D eigenvalue weighted by atomic mass is 9.99. The number of benzene rings is 2. The standard InChI is InChI=1S/C14H12BrCl2N/c1-18-14(9-2-5-11(16)6-3-9)10-4-7-13(17)12(15)8-10/h2-8,14,18H,1H3. The van der Waals surface area contributed by atoms with Crippen molar-refractivity contribution in [2.24, 2.45) is 0 Å². The zero-order chi connectivity index (χ0) is 13.1. The summed E-state index contributed by atoms with van der Waals surface area (Å²) < 4.78 is 0.899. The fourth-order valence-electron chi connectivity index (χ4n) is 1.87. The Kier molecular flexibility index (Phi) is 4.68. The molecule has 0 bridgehead atoms. The molecule has 0 aliphatic carbocycles. The highest BCUT2D eigenvalue weighted by molar-refractivity contribution is 9.10. The first-order valence-corrected chi connectivity index (χ1v) is 7.04. The van der Waals surface area contributed by atoms with Crippen LogP contribution in [0.4, 0.5) is 0 Å². The Balaban J connectivity index is 2.38. The van der Waals surface area contributed by atoms with Crippen molar-refractivity contribution in [3.63, 3.8) is 0 Å². The van der Waals surface area contributed by atoms with Crippen LogP contribution >= 0.6 is 39.1 Å². The van der Waals surface area contributed by atoms with Gasteiger partial charge in [-0.15, -0.1) is 0 Å². The number of nitrogens with one attached hydrogen (secondary N) is 1. The minimum atomic E-state index is 0.121. The zero-order valence-electron chi connectivity index (χ0n) is 9.75. The summed E-state index contributed by atoms with van der Waals surface area (Å²) in [4.78, 5) is 0. The predicted molar refractivity (Wildman–Crippen MR) is 81.5 cm³/mol. The molecule has 1 N–H and O–H groups in total. The molecule has 4 heteroatoms. The molecular weight excluding hydrogens is 333 g/mol. The van der Waals surface area contributed by atoms with Crippen LogP contribution in [0.5, 0.6) is 0 Å². The van der Waals surface area contributed by atoms with Crippen molar-refractivity contribution in [2.45, 2.75) is 6.04 Å². The molecule has 0 heterocycles.